The largest absolute Gasteiger partial charge is 0.395 e. The molecule has 3 atom stereocenters. The molecule has 4 nitrogen and oxygen atoms in total. The zero-order chi connectivity index (χ0) is 8.27. The lowest BCUT2D eigenvalue weighted by atomic mass is 9.97. The van der Waals surface area contributed by atoms with Crippen LogP contribution in [0.1, 0.15) is 12.8 Å². The molecule has 1 fully saturated rings. The molecule has 0 saturated carbocycles. The predicted molar refractivity (Wildman–Crippen MR) is 47.4 cm³/mol. The molecule has 12 heavy (non-hydrogen) atoms. The number of rotatable bonds is 2. The summed E-state index contributed by atoms with van der Waals surface area (Å²) in [5, 5.41) is 29.8. The van der Waals surface area contributed by atoms with Gasteiger partial charge in [0.15, 0.2) is 0 Å². The molecular formula is C7H16ClNO3. The van der Waals surface area contributed by atoms with Crippen LogP contribution in [-0.2, 0) is 0 Å². The molecule has 4 N–H and O–H groups in total. The summed E-state index contributed by atoms with van der Waals surface area (Å²) in [4.78, 5) is 0. The van der Waals surface area contributed by atoms with Gasteiger partial charge in [0.2, 0.25) is 0 Å². The third kappa shape index (κ3) is 2.88. The molecule has 1 rings (SSSR count). The first kappa shape index (κ1) is 12.1. The summed E-state index contributed by atoms with van der Waals surface area (Å²) < 4.78 is 0. The molecule has 74 valence electrons. The van der Waals surface area contributed by atoms with Crippen LogP contribution in [0.25, 0.3) is 0 Å². The Morgan fingerprint density at radius 3 is 2.33 bits per heavy atom. The van der Waals surface area contributed by atoms with Gasteiger partial charge in [0.1, 0.15) is 0 Å². The van der Waals surface area contributed by atoms with Gasteiger partial charge in [0.25, 0.3) is 0 Å². The summed E-state index contributed by atoms with van der Waals surface area (Å²) in [5.74, 6) is 0. The van der Waals surface area contributed by atoms with Crippen LogP contribution in [0.4, 0.5) is 0 Å². The number of hydrogen-bond donors (Lipinski definition) is 4. The number of piperidine rings is 1. The molecule has 5 heteroatoms. The van der Waals surface area contributed by atoms with Crippen LogP contribution >= 0.6 is 12.4 Å². The predicted octanol–water partition coefficient (Wildman–Crippen LogP) is -1.13. The van der Waals surface area contributed by atoms with E-state index in [-0.39, 0.29) is 37.7 Å². The maximum atomic E-state index is 9.28. The van der Waals surface area contributed by atoms with E-state index < -0.39 is 6.10 Å². The van der Waals surface area contributed by atoms with Crippen molar-refractivity contribution in [3.63, 3.8) is 0 Å². The summed E-state index contributed by atoms with van der Waals surface area (Å²) in [7, 11) is 0. The normalized spacial score (nSPS) is 35.8. The summed E-state index contributed by atoms with van der Waals surface area (Å²) in [5.41, 5.74) is 0. The zero-order valence-electron chi connectivity index (χ0n) is 6.81. The molecule has 0 bridgehead atoms. The fourth-order valence-electron chi connectivity index (χ4n) is 1.39. The van der Waals surface area contributed by atoms with Crippen molar-refractivity contribution in [2.45, 2.75) is 31.0 Å². The van der Waals surface area contributed by atoms with Gasteiger partial charge >= 0.3 is 0 Å². The molecule has 1 saturated heterocycles. The Bertz CT molecular complexity index is 125. The molecule has 0 amide bonds. The molecule has 0 spiro atoms. The quantitative estimate of drug-likeness (QED) is 0.452. The van der Waals surface area contributed by atoms with Gasteiger partial charge in [0.05, 0.1) is 25.4 Å². The fraction of sp³-hybridized carbons (Fsp3) is 1.00. The van der Waals surface area contributed by atoms with Gasteiger partial charge in [-0.15, -0.1) is 12.4 Å². The Morgan fingerprint density at radius 1 is 1.17 bits per heavy atom. The van der Waals surface area contributed by atoms with Gasteiger partial charge < -0.3 is 20.6 Å². The van der Waals surface area contributed by atoms with Crippen molar-refractivity contribution in [3.05, 3.63) is 0 Å². The third-order valence-electron chi connectivity index (χ3n) is 2.14. The van der Waals surface area contributed by atoms with Crippen molar-refractivity contribution in [1.82, 2.24) is 5.32 Å². The lowest BCUT2D eigenvalue weighted by Gasteiger charge is -2.32. The highest BCUT2D eigenvalue weighted by Gasteiger charge is 2.26. The minimum atomic E-state index is -0.470. The van der Waals surface area contributed by atoms with Gasteiger partial charge in [-0.25, -0.2) is 0 Å². The average Bonchev–Trinajstić information content (AvgIpc) is 2.05. The van der Waals surface area contributed by atoms with Crippen molar-refractivity contribution >= 4 is 12.4 Å². The van der Waals surface area contributed by atoms with Crippen molar-refractivity contribution in [1.29, 1.82) is 0 Å². The van der Waals surface area contributed by atoms with Crippen molar-refractivity contribution < 1.29 is 15.3 Å². The highest BCUT2D eigenvalue weighted by atomic mass is 35.5. The van der Waals surface area contributed by atoms with Crippen molar-refractivity contribution in [2.75, 3.05) is 13.2 Å². The van der Waals surface area contributed by atoms with Gasteiger partial charge in [-0.1, -0.05) is 0 Å². The van der Waals surface area contributed by atoms with E-state index in [1.165, 1.54) is 0 Å². The van der Waals surface area contributed by atoms with E-state index in [0.717, 1.165) is 6.42 Å². The molecule has 1 aliphatic heterocycles. The highest BCUT2D eigenvalue weighted by molar-refractivity contribution is 5.85. The van der Waals surface area contributed by atoms with Crippen LogP contribution in [-0.4, -0.2) is 46.7 Å². The Balaban J connectivity index is 0.00000121. The fourth-order valence-corrected chi connectivity index (χ4v) is 1.39. The second-order valence-corrected chi connectivity index (χ2v) is 2.98. The van der Waals surface area contributed by atoms with E-state index in [1.54, 1.807) is 0 Å². The van der Waals surface area contributed by atoms with Gasteiger partial charge in [0, 0.05) is 6.04 Å². The summed E-state index contributed by atoms with van der Waals surface area (Å²) >= 11 is 0. The van der Waals surface area contributed by atoms with Gasteiger partial charge in [-0.2, -0.15) is 0 Å². The number of nitrogens with one attached hydrogen (secondary N) is 1. The molecule has 0 aromatic carbocycles. The standard InChI is InChI=1S/C7H15NO3.ClH/c9-3-5-1-2-7(11)6(4-10)8-5;/h5-11H,1-4H2;1H. The molecule has 0 aliphatic carbocycles. The number of hydrogen-bond acceptors (Lipinski definition) is 4. The van der Waals surface area contributed by atoms with E-state index in [9.17, 15) is 5.11 Å². The van der Waals surface area contributed by atoms with E-state index in [4.69, 9.17) is 10.2 Å². The maximum Gasteiger partial charge on any atom is 0.0716 e. The Labute approximate surface area is 78.0 Å². The first-order valence-electron chi connectivity index (χ1n) is 3.93. The van der Waals surface area contributed by atoms with E-state index >= 15 is 0 Å². The van der Waals surface area contributed by atoms with E-state index in [1.807, 2.05) is 0 Å². The van der Waals surface area contributed by atoms with Crippen LogP contribution in [0.5, 0.6) is 0 Å². The first-order chi connectivity index (χ1) is 5.27. The second-order valence-electron chi connectivity index (χ2n) is 2.98. The molecule has 1 aliphatic rings. The van der Waals surface area contributed by atoms with Crippen LogP contribution in [0, 0.1) is 0 Å². The second kappa shape index (κ2) is 5.72. The number of halogens is 1. The molecule has 0 radical (unpaired) electrons. The summed E-state index contributed by atoms with van der Waals surface area (Å²) in [6.45, 7) is 0.000880. The maximum absolute atomic E-state index is 9.28. The lowest BCUT2D eigenvalue weighted by Crippen LogP contribution is -2.53. The minimum absolute atomic E-state index is 0. The minimum Gasteiger partial charge on any atom is -0.395 e. The van der Waals surface area contributed by atoms with Crippen molar-refractivity contribution in [2.24, 2.45) is 0 Å². The molecule has 0 aromatic heterocycles. The van der Waals surface area contributed by atoms with E-state index in [0.29, 0.717) is 6.42 Å². The first-order valence-corrected chi connectivity index (χ1v) is 3.93. The smallest absolute Gasteiger partial charge is 0.0716 e. The molecule has 0 aromatic rings. The highest BCUT2D eigenvalue weighted by Crippen LogP contribution is 2.12. The van der Waals surface area contributed by atoms with Crippen LogP contribution in [0.2, 0.25) is 0 Å². The lowest BCUT2D eigenvalue weighted by molar-refractivity contribution is 0.0395. The van der Waals surface area contributed by atoms with Crippen LogP contribution in [0.3, 0.4) is 0 Å². The monoisotopic (exact) mass is 197 g/mol. The number of aliphatic hydroxyl groups is 3. The van der Waals surface area contributed by atoms with Crippen LogP contribution in [0.15, 0.2) is 0 Å². The van der Waals surface area contributed by atoms with E-state index in [2.05, 4.69) is 5.32 Å². The SMILES string of the molecule is Cl.OCC1CCC(O)C(CO)N1. The summed E-state index contributed by atoms with van der Waals surface area (Å²) in [6, 6.07) is -0.226. The molecular weight excluding hydrogens is 182 g/mol. The Kier molecular flexibility index (Phi) is 5.78. The molecule has 1 heterocycles. The van der Waals surface area contributed by atoms with Crippen LogP contribution < -0.4 is 5.32 Å². The van der Waals surface area contributed by atoms with Gasteiger partial charge in [-0.3, -0.25) is 0 Å². The van der Waals surface area contributed by atoms with Crippen molar-refractivity contribution in [3.8, 4) is 0 Å². The molecule has 3 unspecified atom stereocenters. The Hall–Kier alpha value is 0.130. The average molecular weight is 198 g/mol. The number of aliphatic hydroxyl groups excluding tert-OH is 3. The topological polar surface area (TPSA) is 72.7 Å². The zero-order valence-corrected chi connectivity index (χ0v) is 7.63. The Morgan fingerprint density at radius 2 is 1.83 bits per heavy atom. The summed E-state index contributed by atoms with van der Waals surface area (Å²) in [6.07, 6.45) is 0.959. The third-order valence-corrected chi connectivity index (χ3v) is 2.14. The van der Waals surface area contributed by atoms with Gasteiger partial charge in [-0.05, 0) is 12.8 Å².